The van der Waals surface area contributed by atoms with E-state index in [1.807, 2.05) is 28.9 Å². The first kappa shape index (κ1) is 12.3. The predicted octanol–water partition coefficient (Wildman–Crippen LogP) is 3.06. The minimum Gasteiger partial charge on any atom is -0.285 e. The molecule has 0 aliphatic carbocycles. The van der Waals surface area contributed by atoms with E-state index in [2.05, 4.69) is 27.1 Å². The Hall–Kier alpha value is -2.47. The van der Waals surface area contributed by atoms with Gasteiger partial charge in [-0.15, -0.1) is 0 Å². The third-order valence-corrected chi connectivity index (χ3v) is 3.87. The molecule has 0 saturated heterocycles. The Labute approximate surface area is 125 Å². The second-order valence-electron chi connectivity index (χ2n) is 4.56. The first-order chi connectivity index (χ1) is 10.3. The summed E-state index contributed by atoms with van der Waals surface area (Å²) >= 11 is 1.52. The molecular weight excluding hydrogens is 282 g/mol. The van der Waals surface area contributed by atoms with Crippen molar-refractivity contribution in [3.8, 4) is 11.4 Å². The lowest BCUT2D eigenvalue weighted by atomic mass is 10.2. The molecule has 0 aromatic carbocycles. The zero-order chi connectivity index (χ0) is 14.2. The van der Waals surface area contributed by atoms with E-state index in [9.17, 15) is 0 Å². The molecule has 0 unspecified atom stereocenters. The van der Waals surface area contributed by atoms with E-state index in [0.29, 0.717) is 0 Å². The molecule has 0 amide bonds. The van der Waals surface area contributed by atoms with Crippen LogP contribution in [0, 0.1) is 0 Å². The van der Waals surface area contributed by atoms with Gasteiger partial charge in [-0.05, 0) is 36.6 Å². The summed E-state index contributed by atoms with van der Waals surface area (Å²) < 4.78 is 1.98. The van der Waals surface area contributed by atoms with Crippen molar-refractivity contribution >= 4 is 28.3 Å². The van der Waals surface area contributed by atoms with Crippen LogP contribution in [0.15, 0.2) is 54.2 Å². The number of hydrogen-bond donors (Lipinski definition) is 0. The second kappa shape index (κ2) is 4.82. The van der Waals surface area contributed by atoms with Crippen molar-refractivity contribution in [1.29, 1.82) is 0 Å². The molecule has 0 aliphatic heterocycles. The molecule has 4 heterocycles. The third kappa shape index (κ3) is 2.04. The lowest BCUT2D eigenvalue weighted by Gasteiger charge is -2.02. The zero-order valence-electron chi connectivity index (χ0n) is 11.3. The van der Waals surface area contributed by atoms with E-state index in [-0.39, 0.29) is 0 Å². The van der Waals surface area contributed by atoms with Crippen LogP contribution in [0.5, 0.6) is 0 Å². The van der Waals surface area contributed by atoms with Gasteiger partial charge in [-0.25, -0.2) is 19.9 Å². The number of nitrogens with zero attached hydrogens (tertiary/aromatic N) is 5. The van der Waals surface area contributed by atoms with Gasteiger partial charge in [0.25, 0.3) is 0 Å². The van der Waals surface area contributed by atoms with Gasteiger partial charge in [0.15, 0.2) is 5.16 Å². The first-order valence-corrected chi connectivity index (χ1v) is 7.67. The number of hydrogen-bond acceptors (Lipinski definition) is 5. The van der Waals surface area contributed by atoms with Gasteiger partial charge in [-0.2, -0.15) is 0 Å². The number of thioether (sulfide) groups is 1. The lowest BCUT2D eigenvalue weighted by Crippen LogP contribution is -1.93. The smallest absolute Gasteiger partial charge is 0.187 e. The molecule has 102 valence electrons. The van der Waals surface area contributed by atoms with Gasteiger partial charge in [-0.3, -0.25) is 4.40 Å². The Morgan fingerprint density at radius 2 is 1.90 bits per heavy atom. The molecule has 4 rings (SSSR count). The molecule has 4 aromatic rings. The first-order valence-electron chi connectivity index (χ1n) is 6.44. The molecule has 6 heteroatoms. The summed E-state index contributed by atoms with van der Waals surface area (Å²) in [6, 6.07) is 9.99. The number of fused-ring (bicyclic) bond motifs is 3. The average Bonchev–Trinajstić information content (AvgIpc) is 2.92. The van der Waals surface area contributed by atoms with E-state index in [4.69, 9.17) is 4.98 Å². The fraction of sp³-hybridized carbons (Fsp3) is 0.0667. The quantitative estimate of drug-likeness (QED) is 0.420. The Kier molecular flexibility index (Phi) is 2.82. The van der Waals surface area contributed by atoms with Crippen LogP contribution in [-0.4, -0.2) is 30.6 Å². The summed E-state index contributed by atoms with van der Waals surface area (Å²) in [6.45, 7) is 0. The van der Waals surface area contributed by atoms with Crippen LogP contribution in [0.25, 0.3) is 27.9 Å². The molecule has 0 bridgehead atoms. The van der Waals surface area contributed by atoms with E-state index in [0.717, 1.165) is 33.1 Å². The zero-order valence-corrected chi connectivity index (χ0v) is 12.1. The van der Waals surface area contributed by atoms with Gasteiger partial charge in [0, 0.05) is 17.8 Å². The standard InChI is InChI=1S/C15H11N5S/c1-21-15-17-7-5-13(19-15)12-3-2-10-8-11-4-6-16-9-20(11)14(10)18-12/h2-9H,1H3. The van der Waals surface area contributed by atoms with Crippen molar-refractivity contribution in [2.75, 3.05) is 6.26 Å². The monoisotopic (exact) mass is 293 g/mol. The fourth-order valence-corrected chi connectivity index (χ4v) is 2.67. The molecule has 0 radical (unpaired) electrons. The topological polar surface area (TPSA) is 56.0 Å². The summed E-state index contributed by atoms with van der Waals surface area (Å²) in [5.74, 6) is 0. The Bertz CT molecular complexity index is 947. The van der Waals surface area contributed by atoms with Crippen LogP contribution in [0.3, 0.4) is 0 Å². The maximum Gasteiger partial charge on any atom is 0.187 e. The van der Waals surface area contributed by atoms with Crippen molar-refractivity contribution < 1.29 is 0 Å². The number of rotatable bonds is 2. The van der Waals surface area contributed by atoms with Crippen LogP contribution in [0.1, 0.15) is 0 Å². The maximum atomic E-state index is 4.73. The Balaban J connectivity index is 1.95. The van der Waals surface area contributed by atoms with Crippen molar-refractivity contribution in [2.45, 2.75) is 5.16 Å². The highest BCUT2D eigenvalue weighted by molar-refractivity contribution is 7.98. The van der Waals surface area contributed by atoms with Crippen molar-refractivity contribution in [3.05, 3.63) is 49.1 Å². The molecule has 0 aliphatic rings. The van der Waals surface area contributed by atoms with Gasteiger partial charge < -0.3 is 0 Å². The highest BCUT2D eigenvalue weighted by Gasteiger charge is 2.08. The molecule has 21 heavy (non-hydrogen) atoms. The molecular formula is C15H11N5S. The highest BCUT2D eigenvalue weighted by atomic mass is 32.2. The van der Waals surface area contributed by atoms with Gasteiger partial charge >= 0.3 is 0 Å². The maximum absolute atomic E-state index is 4.73. The summed E-state index contributed by atoms with van der Waals surface area (Å²) in [4.78, 5) is 17.6. The van der Waals surface area contributed by atoms with Gasteiger partial charge in [0.2, 0.25) is 0 Å². The fourth-order valence-electron chi connectivity index (χ4n) is 2.31. The van der Waals surface area contributed by atoms with Gasteiger partial charge in [0.05, 0.1) is 16.9 Å². The van der Waals surface area contributed by atoms with Crippen molar-refractivity contribution in [1.82, 2.24) is 24.3 Å². The Morgan fingerprint density at radius 1 is 1.00 bits per heavy atom. The number of pyridine rings is 1. The molecule has 0 fully saturated rings. The largest absolute Gasteiger partial charge is 0.285 e. The minimum absolute atomic E-state index is 0.746. The number of aromatic nitrogens is 5. The molecule has 0 saturated carbocycles. The summed E-state index contributed by atoms with van der Waals surface area (Å²) in [5.41, 5.74) is 3.64. The average molecular weight is 293 g/mol. The van der Waals surface area contributed by atoms with Gasteiger partial charge in [-0.1, -0.05) is 11.8 Å². The predicted molar refractivity (Wildman–Crippen MR) is 83.3 cm³/mol. The lowest BCUT2D eigenvalue weighted by molar-refractivity contribution is 0.971. The van der Waals surface area contributed by atoms with Crippen LogP contribution in [0.4, 0.5) is 0 Å². The van der Waals surface area contributed by atoms with Crippen LogP contribution in [-0.2, 0) is 0 Å². The normalized spacial score (nSPS) is 11.3. The van der Waals surface area contributed by atoms with Gasteiger partial charge in [0.1, 0.15) is 12.0 Å². The van der Waals surface area contributed by atoms with Crippen LogP contribution < -0.4 is 0 Å². The SMILES string of the molecule is CSc1nccc(-c2ccc3cc4ccncn4c3n2)n1. The molecule has 0 N–H and O–H groups in total. The molecule has 4 aromatic heterocycles. The molecule has 0 spiro atoms. The summed E-state index contributed by atoms with van der Waals surface area (Å²) in [7, 11) is 0. The second-order valence-corrected chi connectivity index (χ2v) is 5.33. The summed E-state index contributed by atoms with van der Waals surface area (Å²) in [6.07, 6.45) is 7.28. The molecule has 5 nitrogen and oxygen atoms in total. The highest BCUT2D eigenvalue weighted by Crippen LogP contribution is 2.23. The molecule has 0 atom stereocenters. The van der Waals surface area contributed by atoms with E-state index in [1.165, 1.54) is 11.8 Å². The minimum atomic E-state index is 0.746. The third-order valence-electron chi connectivity index (χ3n) is 3.31. The Morgan fingerprint density at radius 3 is 2.81 bits per heavy atom. The van der Waals surface area contributed by atoms with Crippen LogP contribution >= 0.6 is 11.8 Å². The van der Waals surface area contributed by atoms with Crippen molar-refractivity contribution in [2.24, 2.45) is 0 Å². The van der Waals surface area contributed by atoms with E-state index >= 15 is 0 Å². The van der Waals surface area contributed by atoms with E-state index in [1.54, 1.807) is 18.7 Å². The van der Waals surface area contributed by atoms with E-state index < -0.39 is 0 Å². The van der Waals surface area contributed by atoms with Crippen LogP contribution in [0.2, 0.25) is 0 Å². The summed E-state index contributed by atoms with van der Waals surface area (Å²) in [5, 5.41) is 1.84. The van der Waals surface area contributed by atoms with Crippen molar-refractivity contribution in [3.63, 3.8) is 0 Å².